The number of nitrogens with one attached hydrogen (secondary N) is 2. The van der Waals surface area contributed by atoms with Crippen molar-refractivity contribution in [2.75, 3.05) is 18.7 Å². The third-order valence-electron chi connectivity index (χ3n) is 6.77. The van der Waals surface area contributed by atoms with E-state index in [9.17, 15) is 9.59 Å². The molecule has 2 N–H and O–H groups in total. The van der Waals surface area contributed by atoms with Crippen molar-refractivity contribution in [1.82, 2.24) is 25.3 Å². The number of H-pyrrole nitrogens is 1. The number of amides is 1. The topological polar surface area (TPSA) is 116 Å². The van der Waals surface area contributed by atoms with Gasteiger partial charge in [0.15, 0.2) is 5.82 Å². The maximum Gasteiger partial charge on any atom is 0.295 e. The number of rotatable bonds is 5. The van der Waals surface area contributed by atoms with Gasteiger partial charge in [-0.15, -0.1) is 0 Å². The quantitative estimate of drug-likeness (QED) is 0.323. The molecule has 3 aromatic heterocycles. The smallest absolute Gasteiger partial charge is 0.295 e. The lowest BCUT2D eigenvalue weighted by Gasteiger charge is -2.29. The van der Waals surface area contributed by atoms with E-state index in [2.05, 4.69) is 25.4 Å². The lowest BCUT2D eigenvalue weighted by molar-refractivity contribution is -0.127. The summed E-state index contributed by atoms with van der Waals surface area (Å²) in [4.78, 5) is 44.9. The summed E-state index contributed by atoms with van der Waals surface area (Å²) in [6, 6.07) is 11.9. The standard InChI is InChI=1S/C27H25N7O3/c1-16-31-15-34(32-16)26-24-23(22(37-2)13-30-26)20(12-29-24)25(35)27(36)33-11-9-18-17(14-33)6-5-7-19(18)21-8-3-4-10-28-21/h3-8,10,12-13,15-16,29,32H,9,11,14H2,1-2H3. The minimum absolute atomic E-state index is 0.100. The summed E-state index contributed by atoms with van der Waals surface area (Å²) in [5.41, 5.74) is 8.13. The molecule has 1 aromatic carbocycles. The highest BCUT2D eigenvalue weighted by atomic mass is 16.5. The van der Waals surface area contributed by atoms with Gasteiger partial charge in [-0.25, -0.2) is 15.4 Å². The summed E-state index contributed by atoms with van der Waals surface area (Å²) < 4.78 is 5.50. The fourth-order valence-electron chi connectivity index (χ4n) is 4.98. The number of carbonyl (C=O) groups is 2. The highest BCUT2D eigenvalue weighted by Crippen LogP contribution is 2.35. The van der Waals surface area contributed by atoms with Crippen LogP contribution >= 0.6 is 0 Å². The Kier molecular flexibility index (Phi) is 5.65. The average Bonchev–Trinajstić information content (AvgIpc) is 3.58. The van der Waals surface area contributed by atoms with E-state index in [0.29, 0.717) is 42.0 Å². The highest BCUT2D eigenvalue weighted by Gasteiger charge is 2.31. The summed E-state index contributed by atoms with van der Waals surface area (Å²) >= 11 is 0. The molecule has 0 saturated carbocycles. The third-order valence-corrected chi connectivity index (χ3v) is 6.77. The van der Waals surface area contributed by atoms with Crippen molar-refractivity contribution in [2.45, 2.75) is 26.1 Å². The van der Waals surface area contributed by atoms with Crippen LogP contribution in [0.5, 0.6) is 5.75 Å². The Morgan fingerprint density at radius 2 is 2.03 bits per heavy atom. The SMILES string of the molecule is COc1cnc(N2C=NC(C)N2)c2[nH]cc(C(=O)C(=O)N3CCc4c(cccc4-c4ccccn4)C3)c12. The molecule has 1 unspecified atom stereocenters. The van der Waals surface area contributed by atoms with Crippen LogP contribution in [0.15, 0.2) is 60.0 Å². The second-order valence-electron chi connectivity index (χ2n) is 9.01. The molecular formula is C27H25N7O3. The first-order valence-electron chi connectivity index (χ1n) is 12.0. The number of ketones is 1. The van der Waals surface area contributed by atoms with Crippen molar-refractivity contribution in [3.05, 3.63) is 71.7 Å². The molecular weight excluding hydrogens is 470 g/mol. The Morgan fingerprint density at radius 1 is 1.14 bits per heavy atom. The number of hydrazine groups is 1. The molecule has 5 heterocycles. The molecule has 0 spiro atoms. The molecule has 10 nitrogen and oxygen atoms in total. The fourth-order valence-corrected chi connectivity index (χ4v) is 4.98. The largest absolute Gasteiger partial charge is 0.494 e. The number of hydrogen-bond donors (Lipinski definition) is 2. The number of benzene rings is 1. The molecule has 0 fully saturated rings. The first-order chi connectivity index (χ1) is 18.0. The number of pyridine rings is 2. The average molecular weight is 496 g/mol. The van der Waals surface area contributed by atoms with Crippen LogP contribution in [-0.4, -0.2) is 57.7 Å². The normalized spacial score (nSPS) is 16.8. The molecule has 10 heteroatoms. The summed E-state index contributed by atoms with van der Waals surface area (Å²) in [6.45, 7) is 2.72. The Balaban J connectivity index is 1.30. The number of carbonyl (C=O) groups excluding carboxylic acids is 2. The minimum Gasteiger partial charge on any atom is -0.494 e. The van der Waals surface area contributed by atoms with Crippen molar-refractivity contribution in [2.24, 2.45) is 4.99 Å². The van der Waals surface area contributed by atoms with Crippen molar-refractivity contribution in [3.63, 3.8) is 0 Å². The van der Waals surface area contributed by atoms with Crippen LogP contribution in [0.2, 0.25) is 0 Å². The Labute approximate surface area is 213 Å². The molecule has 1 amide bonds. The van der Waals surface area contributed by atoms with Gasteiger partial charge in [0.05, 0.1) is 35.5 Å². The van der Waals surface area contributed by atoms with Crippen molar-refractivity contribution in [3.8, 4) is 17.0 Å². The van der Waals surface area contributed by atoms with Crippen molar-refractivity contribution >= 4 is 34.7 Å². The molecule has 2 aliphatic rings. The van der Waals surface area contributed by atoms with E-state index in [1.54, 1.807) is 34.8 Å². The van der Waals surface area contributed by atoms with Gasteiger partial charge in [0, 0.05) is 31.0 Å². The number of methoxy groups -OCH3 is 1. The fraction of sp³-hybridized carbons (Fsp3) is 0.222. The summed E-state index contributed by atoms with van der Waals surface area (Å²) in [5, 5.41) is 2.19. The molecule has 6 rings (SSSR count). The molecule has 37 heavy (non-hydrogen) atoms. The van der Waals surface area contributed by atoms with E-state index in [4.69, 9.17) is 4.74 Å². The molecule has 2 aliphatic heterocycles. The third kappa shape index (κ3) is 3.91. The second-order valence-corrected chi connectivity index (χ2v) is 9.01. The maximum atomic E-state index is 13.5. The first kappa shape index (κ1) is 22.9. The number of hydrogen-bond acceptors (Lipinski definition) is 8. The van der Waals surface area contributed by atoms with Crippen LogP contribution in [-0.2, 0) is 17.8 Å². The number of Topliss-reactive ketones (excluding diaryl/α,β-unsaturated/α-hetero) is 1. The molecule has 4 aromatic rings. The minimum atomic E-state index is -0.595. The van der Waals surface area contributed by atoms with E-state index in [1.165, 1.54) is 7.11 Å². The first-order valence-corrected chi connectivity index (χ1v) is 12.0. The molecule has 0 aliphatic carbocycles. The van der Waals surface area contributed by atoms with Crippen LogP contribution in [0.4, 0.5) is 5.82 Å². The monoisotopic (exact) mass is 495 g/mol. The van der Waals surface area contributed by atoms with E-state index < -0.39 is 11.7 Å². The Bertz CT molecular complexity index is 1550. The molecule has 0 bridgehead atoms. The van der Waals surface area contributed by atoms with Crippen LogP contribution in [0.25, 0.3) is 22.2 Å². The molecule has 0 radical (unpaired) electrons. The van der Waals surface area contributed by atoms with Crippen LogP contribution < -0.4 is 15.2 Å². The summed E-state index contributed by atoms with van der Waals surface area (Å²) in [5.74, 6) is -0.208. The Morgan fingerprint density at radius 3 is 2.78 bits per heavy atom. The van der Waals surface area contributed by atoms with Gasteiger partial charge in [-0.05, 0) is 36.6 Å². The van der Waals surface area contributed by atoms with Gasteiger partial charge >= 0.3 is 0 Å². The zero-order valence-corrected chi connectivity index (χ0v) is 20.4. The van der Waals surface area contributed by atoms with E-state index in [0.717, 1.165) is 22.4 Å². The second kappa shape index (κ2) is 9.14. The van der Waals surface area contributed by atoms with Crippen LogP contribution in [0, 0.1) is 0 Å². The summed E-state index contributed by atoms with van der Waals surface area (Å²) in [6.07, 6.45) is 7.04. The van der Waals surface area contributed by atoms with E-state index in [1.807, 2.05) is 43.3 Å². The lowest BCUT2D eigenvalue weighted by Crippen LogP contribution is -2.40. The number of aliphatic imine (C=N–C) groups is 1. The van der Waals surface area contributed by atoms with Gasteiger partial charge in [-0.1, -0.05) is 24.3 Å². The van der Waals surface area contributed by atoms with Crippen LogP contribution in [0.1, 0.15) is 28.4 Å². The molecule has 1 atom stereocenters. The zero-order chi connectivity index (χ0) is 25.5. The van der Waals surface area contributed by atoms with Gasteiger partial charge in [-0.2, -0.15) is 0 Å². The molecule has 0 saturated heterocycles. The predicted molar refractivity (Wildman–Crippen MR) is 139 cm³/mol. The molecule has 186 valence electrons. The van der Waals surface area contributed by atoms with Crippen molar-refractivity contribution in [1.29, 1.82) is 0 Å². The number of fused-ring (bicyclic) bond motifs is 2. The predicted octanol–water partition coefficient (Wildman–Crippen LogP) is 3.10. The van der Waals surface area contributed by atoms with Crippen molar-refractivity contribution < 1.29 is 14.3 Å². The van der Waals surface area contributed by atoms with E-state index >= 15 is 0 Å². The van der Waals surface area contributed by atoms with Gasteiger partial charge in [0.2, 0.25) is 0 Å². The van der Waals surface area contributed by atoms with Gasteiger partial charge in [-0.3, -0.25) is 19.6 Å². The number of anilines is 1. The number of nitrogens with zero attached hydrogens (tertiary/aromatic N) is 5. The zero-order valence-electron chi connectivity index (χ0n) is 20.4. The number of ether oxygens (including phenoxy) is 1. The Hall–Kier alpha value is -4.57. The summed E-state index contributed by atoms with van der Waals surface area (Å²) in [7, 11) is 1.51. The number of aromatic amines is 1. The van der Waals surface area contributed by atoms with E-state index in [-0.39, 0.29) is 11.7 Å². The van der Waals surface area contributed by atoms with Crippen LogP contribution in [0.3, 0.4) is 0 Å². The van der Waals surface area contributed by atoms with Gasteiger partial charge in [0.1, 0.15) is 18.3 Å². The van der Waals surface area contributed by atoms with Gasteiger partial charge in [0.25, 0.3) is 11.7 Å². The highest BCUT2D eigenvalue weighted by molar-refractivity contribution is 6.45. The van der Waals surface area contributed by atoms with Gasteiger partial charge < -0.3 is 14.6 Å². The maximum absolute atomic E-state index is 13.5. The number of aromatic nitrogens is 3. The lowest BCUT2D eigenvalue weighted by atomic mass is 9.92.